The number of sulfonamides is 1. The molecule has 8 nitrogen and oxygen atoms in total. The van der Waals surface area contributed by atoms with E-state index in [9.17, 15) is 31.3 Å². The second kappa shape index (κ2) is 5.81. The molecule has 1 rings (SSSR count). The van der Waals surface area contributed by atoms with Crippen molar-refractivity contribution in [2.24, 2.45) is 0 Å². The Morgan fingerprint density at radius 1 is 1.30 bits per heavy atom. The lowest BCUT2D eigenvalue weighted by molar-refractivity contribution is -0.390. The maximum Gasteiger partial charge on any atom is 0.324 e. The average Bonchev–Trinajstić information content (AvgIpc) is 2.25. The van der Waals surface area contributed by atoms with E-state index in [0.29, 0.717) is 0 Å². The van der Waals surface area contributed by atoms with Gasteiger partial charge in [-0.25, -0.2) is 21.6 Å². The number of hydrogen-bond donors (Lipinski definition) is 1. The summed E-state index contributed by atoms with van der Waals surface area (Å²) < 4.78 is 60.6. The molecule has 0 atom stereocenters. The molecular formula is C9H11FN2O6S2. The fourth-order valence-corrected chi connectivity index (χ4v) is 3.14. The molecule has 0 unspecified atom stereocenters. The number of nitro benzene ring substituents is 1. The number of para-hydroxylation sites is 1. The first-order valence-electron chi connectivity index (χ1n) is 5.15. The Morgan fingerprint density at radius 2 is 1.90 bits per heavy atom. The van der Waals surface area contributed by atoms with Gasteiger partial charge in [0.05, 0.1) is 10.7 Å². The minimum Gasteiger partial charge on any atom is -0.258 e. The lowest BCUT2D eigenvalue weighted by Crippen LogP contribution is -2.29. The number of sulfone groups is 1. The van der Waals surface area contributed by atoms with Crippen molar-refractivity contribution in [1.82, 2.24) is 4.72 Å². The van der Waals surface area contributed by atoms with Gasteiger partial charge in [0.1, 0.15) is 9.84 Å². The number of rotatable bonds is 6. The maximum atomic E-state index is 13.3. The molecular weight excluding hydrogens is 315 g/mol. The topological polar surface area (TPSA) is 123 Å². The Bertz CT molecular complexity index is 729. The normalized spacial score (nSPS) is 12.3. The van der Waals surface area contributed by atoms with E-state index in [0.717, 1.165) is 24.5 Å². The van der Waals surface area contributed by atoms with Gasteiger partial charge in [-0.2, -0.15) is 4.39 Å². The average molecular weight is 326 g/mol. The highest BCUT2D eigenvalue weighted by atomic mass is 32.2. The summed E-state index contributed by atoms with van der Waals surface area (Å²) in [6.45, 7) is -0.463. The van der Waals surface area contributed by atoms with Crippen LogP contribution in [0.5, 0.6) is 0 Å². The SMILES string of the molecule is CS(=O)(=O)CCNS(=O)(=O)c1cccc(F)c1[N+](=O)[O-]. The van der Waals surface area contributed by atoms with E-state index >= 15 is 0 Å². The van der Waals surface area contributed by atoms with Crippen molar-refractivity contribution in [3.8, 4) is 0 Å². The van der Waals surface area contributed by atoms with Crippen LogP contribution in [0, 0.1) is 15.9 Å². The summed E-state index contributed by atoms with van der Waals surface area (Å²) in [6, 6.07) is 2.63. The van der Waals surface area contributed by atoms with Crippen LogP contribution in [0.2, 0.25) is 0 Å². The molecule has 0 aliphatic carbocycles. The van der Waals surface area contributed by atoms with Gasteiger partial charge in [0.2, 0.25) is 15.8 Å². The molecule has 11 heteroatoms. The van der Waals surface area contributed by atoms with Gasteiger partial charge >= 0.3 is 5.69 Å². The molecule has 0 saturated carbocycles. The molecule has 0 aliphatic heterocycles. The smallest absolute Gasteiger partial charge is 0.258 e. The van der Waals surface area contributed by atoms with E-state index in [-0.39, 0.29) is 0 Å². The molecule has 0 aromatic heterocycles. The maximum absolute atomic E-state index is 13.3. The molecule has 0 bridgehead atoms. The predicted molar refractivity (Wildman–Crippen MR) is 68.0 cm³/mol. The van der Waals surface area contributed by atoms with Crippen LogP contribution in [-0.4, -0.2) is 40.3 Å². The zero-order valence-corrected chi connectivity index (χ0v) is 11.9. The molecule has 1 aromatic rings. The van der Waals surface area contributed by atoms with E-state index in [2.05, 4.69) is 0 Å². The summed E-state index contributed by atoms with van der Waals surface area (Å²) in [5.74, 6) is -1.77. The fraction of sp³-hybridized carbons (Fsp3) is 0.333. The minimum atomic E-state index is -4.38. The van der Waals surface area contributed by atoms with Gasteiger partial charge in [-0.15, -0.1) is 0 Å². The molecule has 0 aliphatic rings. The molecule has 0 spiro atoms. The number of halogens is 1. The lowest BCUT2D eigenvalue weighted by Gasteiger charge is -2.07. The quantitative estimate of drug-likeness (QED) is 0.582. The van der Waals surface area contributed by atoms with Crippen molar-refractivity contribution >= 4 is 25.5 Å². The summed E-state index contributed by atoms with van der Waals surface area (Å²) in [5, 5.41) is 10.7. The Balaban J connectivity index is 3.11. The second-order valence-corrected chi connectivity index (χ2v) is 7.87. The Kier molecular flexibility index (Phi) is 4.78. The van der Waals surface area contributed by atoms with Crippen molar-refractivity contribution in [3.05, 3.63) is 34.1 Å². The zero-order valence-electron chi connectivity index (χ0n) is 10.2. The van der Waals surface area contributed by atoms with Crippen LogP contribution in [0.3, 0.4) is 0 Å². The molecule has 0 radical (unpaired) electrons. The number of hydrogen-bond acceptors (Lipinski definition) is 6. The highest BCUT2D eigenvalue weighted by molar-refractivity contribution is 7.91. The first-order chi connectivity index (χ1) is 9.04. The van der Waals surface area contributed by atoms with Gasteiger partial charge in [0.15, 0.2) is 4.90 Å². The minimum absolute atomic E-state index is 0.463. The number of benzene rings is 1. The molecule has 1 N–H and O–H groups in total. The first-order valence-corrected chi connectivity index (χ1v) is 8.69. The predicted octanol–water partition coefficient (Wildman–Crippen LogP) is 0.0568. The summed E-state index contributed by atoms with van der Waals surface area (Å²) in [7, 11) is -7.78. The van der Waals surface area contributed by atoms with Crippen LogP contribution in [-0.2, 0) is 19.9 Å². The number of nitro groups is 1. The van der Waals surface area contributed by atoms with Crippen LogP contribution >= 0.6 is 0 Å². The molecule has 1 aromatic carbocycles. The highest BCUT2D eigenvalue weighted by Gasteiger charge is 2.29. The van der Waals surface area contributed by atoms with Gasteiger partial charge in [-0.1, -0.05) is 6.07 Å². The lowest BCUT2D eigenvalue weighted by atomic mass is 10.3. The summed E-state index contributed by atoms with van der Waals surface area (Å²) in [6.07, 6.45) is 0.909. The molecule has 0 heterocycles. The van der Waals surface area contributed by atoms with E-state index in [4.69, 9.17) is 0 Å². The van der Waals surface area contributed by atoms with Crippen molar-refractivity contribution in [1.29, 1.82) is 0 Å². The zero-order chi connectivity index (χ0) is 15.6. The van der Waals surface area contributed by atoms with Crippen LogP contribution in [0.25, 0.3) is 0 Å². The number of nitrogens with zero attached hydrogens (tertiary/aromatic N) is 1. The standard InChI is InChI=1S/C9H11FN2O6S2/c1-19(15,16)6-5-11-20(17,18)8-4-2-3-7(10)9(8)12(13)14/h2-4,11H,5-6H2,1H3. The van der Waals surface area contributed by atoms with Gasteiger partial charge in [-0.05, 0) is 12.1 Å². The number of nitrogens with one attached hydrogen (secondary N) is 1. The van der Waals surface area contributed by atoms with Gasteiger partial charge < -0.3 is 0 Å². The van der Waals surface area contributed by atoms with Crippen molar-refractivity contribution in [2.75, 3.05) is 18.6 Å². The van der Waals surface area contributed by atoms with Crippen LogP contribution in [0.15, 0.2) is 23.1 Å². The monoisotopic (exact) mass is 326 g/mol. The van der Waals surface area contributed by atoms with Crippen LogP contribution in [0.1, 0.15) is 0 Å². The molecule has 112 valence electrons. The summed E-state index contributed by atoms with van der Waals surface area (Å²) in [5.41, 5.74) is -1.18. The third kappa shape index (κ3) is 4.21. The second-order valence-electron chi connectivity index (χ2n) is 3.87. The van der Waals surface area contributed by atoms with E-state index in [1.807, 2.05) is 4.72 Å². The van der Waals surface area contributed by atoms with Crippen LogP contribution in [0.4, 0.5) is 10.1 Å². The first kappa shape index (κ1) is 16.5. The third-order valence-corrected chi connectivity index (χ3v) is 4.63. The molecule has 0 amide bonds. The summed E-state index contributed by atoms with van der Waals surface area (Å²) >= 11 is 0. The summed E-state index contributed by atoms with van der Waals surface area (Å²) in [4.78, 5) is 8.70. The van der Waals surface area contributed by atoms with Crippen molar-refractivity contribution in [2.45, 2.75) is 4.90 Å². The van der Waals surface area contributed by atoms with Crippen LogP contribution < -0.4 is 4.72 Å². The van der Waals surface area contributed by atoms with E-state index < -0.39 is 53.5 Å². The molecule has 0 fully saturated rings. The largest absolute Gasteiger partial charge is 0.324 e. The highest BCUT2D eigenvalue weighted by Crippen LogP contribution is 2.26. The van der Waals surface area contributed by atoms with Gasteiger partial charge in [-0.3, -0.25) is 10.1 Å². The van der Waals surface area contributed by atoms with Crippen molar-refractivity contribution < 1.29 is 26.1 Å². The van der Waals surface area contributed by atoms with Gasteiger partial charge in [0, 0.05) is 12.8 Å². The van der Waals surface area contributed by atoms with Crippen molar-refractivity contribution in [3.63, 3.8) is 0 Å². The molecule has 20 heavy (non-hydrogen) atoms. The molecule has 0 saturated heterocycles. The third-order valence-electron chi connectivity index (χ3n) is 2.19. The van der Waals surface area contributed by atoms with E-state index in [1.54, 1.807) is 0 Å². The Morgan fingerprint density at radius 3 is 2.40 bits per heavy atom. The van der Waals surface area contributed by atoms with Gasteiger partial charge in [0.25, 0.3) is 0 Å². The fourth-order valence-electron chi connectivity index (χ4n) is 1.33. The van der Waals surface area contributed by atoms with E-state index in [1.165, 1.54) is 0 Å². The Hall–Kier alpha value is -1.59. The Labute approximate surface area is 114 Å².